The van der Waals surface area contributed by atoms with Crippen LogP contribution in [0.5, 0.6) is 0 Å². The largest absolute Gasteiger partial charge is 0.382 e. The number of aromatic nitrogens is 4. The molecule has 1 aromatic carbocycles. The second-order valence-corrected chi connectivity index (χ2v) is 5.52. The summed E-state index contributed by atoms with van der Waals surface area (Å²) >= 11 is 13.3. The molecule has 8 heteroatoms. The third-order valence-electron chi connectivity index (χ3n) is 2.38. The number of nitrogens with two attached hydrogens (primary N) is 1. The topological polar surface area (TPSA) is 80.5 Å². The fourth-order valence-corrected chi connectivity index (χ4v) is 2.83. The highest BCUT2D eigenvalue weighted by molar-refractivity contribution is 7.99. The Balaban J connectivity index is 2.00. The molecule has 3 rings (SSSR count). The predicted molar refractivity (Wildman–Crippen MR) is 76.7 cm³/mol. The average Bonchev–Trinajstić information content (AvgIpc) is 2.81. The quantitative estimate of drug-likeness (QED) is 0.709. The number of nitrogens with one attached hydrogen (secondary N) is 1. The van der Waals surface area contributed by atoms with Gasteiger partial charge in [0.15, 0.2) is 16.6 Å². The molecule has 0 aliphatic rings. The van der Waals surface area contributed by atoms with E-state index in [1.807, 2.05) is 6.07 Å². The molecular formula is C11H7Cl2N5S. The third kappa shape index (κ3) is 2.47. The van der Waals surface area contributed by atoms with Crippen LogP contribution in [-0.4, -0.2) is 19.9 Å². The molecule has 3 aromatic rings. The summed E-state index contributed by atoms with van der Waals surface area (Å²) in [5, 5.41) is 1.63. The lowest BCUT2D eigenvalue weighted by Gasteiger charge is -2.04. The van der Waals surface area contributed by atoms with Crippen LogP contribution < -0.4 is 5.73 Å². The van der Waals surface area contributed by atoms with Gasteiger partial charge in [0.05, 0.1) is 11.3 Å². The fourth-order valence-electron chi connectivity index (χ4n) is 1.54. The number of fused-ring (bicyclic) bond motifs is 1. The molecule has 0 unspecified atom stereocenters. The van der Waals surface area contributed by atoms with E-state index in [0.29, 0.717) is 32.2 Å². The molecule has 0 saturated carbocycles. The number of H-pyrrole nitrogens is 1. The first-order chi connectivity index (χ1) is 9.13. The smallest absolute Gasteiger partial charge is 0.196 e. The monoisotopic (exact) mass is 311 g/mol. The number of nitrogens with zero attached hydrogens (tertiary/aromatic N) is 3. The SMILES string of the molecule is Nc1nc(Sc2ccc(Cl)cc2Cl)nc2[nH]cnc12. The van der Waals surface area contributed by atoms with E-state index in [-0.39, 0.29) is 0 Å². The van der Waals surface area contributed by atoms with Gasteiger partial charge in [-0.2, -0.15) is 0 Å². The molecule has 0 aliphatic carbocycles. The van der Waals surface area contributed by atoms with Gasteiger partial charge in [-0.15, -0.1) is 0 Å². The summed E-state index contributed by atoms with van der Waals surface area (Å²) in [6, 6.07) is 5.24. The van der Waals surface area contributed by atoms with Gasteiger partial charge in [-0.25, -0.2) is 15.0 Å². The van der Waals surface area contributed by atoms with Gasteiger partial charge in [-0.1, -0.05) is 23.2 Å². The number of halogens is 2. The Bertz CT molecular complexity index is 758. The Labute approximate surface area is 122 Å². The van der Waals surface area contributed by atoms with E-state index in [1.165, 1.54) is 18.1 Å². The maximum Gasteiger partial charge on any atom is 0.196 e. The highest BCUT2D eigenvalue weighted by atomic mass is 35.5. The van der Waals surface area contributed by atoms with E-state index in [1.54, 1.807) is 12.1 Å². The molecule has 0 amide bonds. The second kappa shape index (κ2) is 4.88. The van der Waals surface area contributed by atoms with E-state index in [2.05, 4.69) is 19.9 Å². The summed E-state index contributed by atoms with van der Waals surface area (Å²) in [4.78, 5) is 16.3. The van der Waals surface area contributed by atoms with Gasteiger partial charge in [0.2, 0.25) is 0 Å². The molecule has 0 saturated heterocycles. The summed E-state index contributed by atoms with van der Waals surface area (Å²) in [5.74, 6) is 0.332. The zero-order valence-electron chi connectivity index (χ0n) is 9.39. The molecule has 0 aliphatic heterocycles. The van der Waals surface area contributed by atoms with Crippen LogP contribution >= 0.6 is 35.0 Å². The van der Waals surface area contributed by atoms with Crippen molar-refractivity contribution in [1.29, 1.82) is 0 Å². The van der Waals surface area contributed by atoms with E-state index >= 15 is 0 Å². The Hall–Kier alpha value is -1.50. The number of anilines is 1. The zero-order valence-corrected chi connectivity index (χ0v) is 11.7. The number of rotatable bonds is 2. The van der Waals surface area contributed by atoms with Crippen LogP contribution in [-0.2, 0) is 0 Å². The van der Waals surface area contributed by atoms with Crippen LogP contribution in [0, 0.1) is 0 Å². The molecule has 0 fully saturated rings. The molecule has 0 atom stereocenters. The van der Waals surface area contributed by atoms with Crippen LogP contribution in [0.1, 0.15) is 0 Å². The first kappa shape index (κ1) is 12.5. The number of hydrogen-bond donors (Lipinski definition) is 2. The minimum Gasteiger partial charge on any atom is -0.382 e. The molecule has 96 valence electrons. The van der Waals surface area contributed by atoms with Gasteiger partial charge in [0.1, 0.15) is 5.52 Å². The molecule has 3 N–H and O–H groups in total. The minimum atomic E-state index is 0.332. The Morgan fingerprint density at radius 2 is 2.05 bits per heavy atom. The van der Waals surface area contributed by atoms with Gasteiger partial charge in [0, 0.05) is 9.92 Å². The van der Waals surface area contributed by atoms with Crippen molar-refractivity contribution in [2.24, 2.45) is 0 Å². The van der Waals surface area contributed by atoms with Crippen molar-refractivity contribution >= 4 is 51.9 Å². The number of imidazole rings is 1. The lowest BCUT2D eigenvalue weighted by Crippen LogP contribution is -1.96. The molecular weight excluding hydrogens is 305 g/mol. The summed E-state index contributed by atoms with van der Waals surface area (Å²) in [7, 11) is 0. The maximum absolute atomic E-state index is 6.10. The van der Waals surface area contributed by atoms with Crippen molar-refractivity contribution in [2.75, 3.05) is 5.73 Å². The highest BCUT2D eigenvalue weighted by Crippen LogP contribution is 2.33. The number of benzene rings is 1. The van der Waals surface area contributed by atoms with Crippen molar-refractivity contribution in [3.63, 3.8) is 0 Å². The maximum atomic E-state index is 6.10. The normalized spacial score (nSPS) is 11.1. The van der Waals surface area contributed by atoms with Gasteiger partial charge >= 0.3 is 0 Å². The summed E-state index contributed by atoms with van der Waals surface area (Å²) < 4.78 is 0. The van der Waals surface area contributed by atoms with Gasteiger partial charge in [0.25, 0.3) is 0 Å². The van der Waals surface area contributed by atoms with E-state index < -0.39 is 0 Å². The molecule has 2 heterocycles. The first-order valence-electron chi connectivity index (χ1n) is 5.23. The summed E-state index contributed by atoms with van der Waals surface area (Å²) in [6.07, 6.45) is 1.53. The lowest BCUT2D eigenvalue weighted by molar-refractivity contribution is 1.00. The van der Waals surface area contributed by atoms with Gasteiger partial charge in [-0.05, 0) is 30.0 Å². The van der Waals surface area contributed by atoms with Crippen molar-refractivity contribution in [3.8, 4) is 0 Å². The molecule has 2 aromatic heterocycles. The van der Waals surface area contributed by atoms with Crippen LogP contribution in [0.25, 0.3) is 11.2 Å². The van der Waals surface area contributed by atoms with Crippen LogP contribution in [0.15, 0.2) is 34.6 Å². The second-order valence-electron chi connectivity index (χ2n) is 3.67. The fraction of sp³-hybridized carbons (Fsp3) is 0. The summed E-state index contributed by atoms with van der Waals surface area (Å²) in [6.45, 7) is 0. The van der Waals surface area contributed by atoms with Crippen molar-refractivity contribution in [3.05, 3.63) is 34.6 Å². The van der Waals surface area contributed by atoms with Crippen LogP contribution in [0.4, 0.5) is 5.82 Å². The van der Waals surface area contributed by atoms with Crippen LogP contribution in [0.3, 0.4) is 0 Å². The standard InChI is InChI=1S/C11H7Cl2N5S/c12-5-1-2-7(6(13)3-5)19-11-17-9(14)8-10(18-11)16-4-15-8/h1-4H,(H3,14,15,16,17,18). The minimum absolute atomic E-state index is 0.332. The number of nitrogen functional groups attached to an aromatic ring is 1. The predicted octanol–water partition coefficient (Wildman–Crippen LogP) is 3.39. The zero-order chi connectivity index (χ0) is 13.4. The molecule has 0 bridgehead atoms. The lowest BCUT2D eigenvalue weighted by atomic mass is 10.4. The molecule has 0 radical (unpaired) electrons. The number of hydrogen-bond acceptors (Lipinski definition) is 5. The van der Waals surface area contributed by atoms with Crippen molar-refractivity contribution in [1.82, 2.24) is 19.9 Å². The van der Waals surface area contributed by atoms with Gasteiger partial charge in [-0.3, -0.25) is 0 Å². The van der Waals surface area contributed by atoms with E-state index in [0.717, 1.165) is 4.90 Å². The van der Waals surface area contributed by atoms with Crippen molar-refractivity contribution < 1.29 is 0 Å². The molecule has 5 nitrogen and oxygen atoms in total. The average molecular weight is 312 g/mol. The van der Waals surface area contributed by atoms with E-state index in [9.17, 15) is 0 Å². The Morgan fingerprint density at radius 3 is 2.84 bits per heavy atom. The van der Waals surface area contributed by atoms with Gasteiger partial charge < -0.3 is 10.7 Å². The molecule has 0 spiro atoms. The Kier molecular flexibility index (Phi) is 3.22. The third-order valence-corrected chi connectivity index (χ3v) is 3.98. The molecule has 19 heavy (non-hydrogen) atoms. The number of aromatic amines is 1. The Morgan fingerprint density at radius 1 is 1.21 bits per heavy atom. The highest BCUT2D eigenvalue weighted by Gasteiger charge is 2.10. The summed E-state index contributed by atoms with van der Waals surface area (Å²) in [5.41, 5.74) is 6.98. The first-order valence-corrected chi connectivity index (χ1v) is 6.80. The van der Waals surface area contributed by atoms with E-state index in [4.69, 9.17) is 28.9 Å². The van der Waals surface area contributed by atoms with Crippen molar-refractivity contribution in [2.45, 2.75) is 10.1 Å². The van der Waals surface area contributed by atoms with Crippen LogP contribution in [0.2, 0.25) is 10.0 Å².